The van der Waals surface area contributed by atoms with E-state index >= 15 is 0 Å². The minimum atomic E-state index is -3.26. The van der Waals surface area contributed by atoms with E-state index in [0.29, 0.717) is 22.1 Å². The normalized spacial score (nSPS) is 23.6. The number of amides is 2. The van der Waals surface area contributed by atoms with Crippen LogP contribution >= 0.6 is 11.6 Å². The van der Waals surface area contributed by atoms with E-state index in [0.717, 1.165) is 5.56 Å². The van der Waals surface area contributed by atoms with Gasteiger partial charge in [-0.05, 0) is 36.8 Å². The van der Waals surface area contributed by atoms with Gasteiger partial charge in [0.15, 0.2) is 9.84 Å². The Hall–Kier alpha value is -2.25. The molecule has 2 aromatic carbocycles. The maximum Gasteiger partial charge on any atom is 0.329 e. The number of hydrogen-bond acceptors (Lipinski definition) is 4. The van der Waals surface area contributed by atoms with Gasteiger partial charge in [-0.3, -0.25) is 9.80 Å². The molecule has 0 unspecified atom stereocenters. The Labute approximate surface area is 163 Å². The second-order valence-electron chi connectivity index (χ2n) is 6.84. The molecule has 4 rings (SSSR count). The summed E-state index contributed by atoms with van der Waals surface area (Å²) in [5, 5.41) is 0.536. The number of rotatable bonds is 3. The SMILES string of the molecule is COc1ccccc1N1C(=O)N(c2ccc(C)c(Cl)c2)[C@H]2CS(=O)(=O)C[C@H]21. The van der Waals surface area contributed by atoms with Crippen molar-refractivity contribution < 1.29 is 17.9 Å². The molecule has 8 heteroatoms. The minimum Gasteiger partial charge on any atom is -0.495 e. The zero-order valence-electron chi connectivity index (χ0n) is 14.9. The largest absolute Gasteiger partial charge is 0.495 e. The third-order valence-corrected chi connectivity index (χ3v) is 7.25. The van der Waals surface area contributed by atoms with Gasteiger partial charge in [-0.25, -0.2) is 13.2 Å². The van der Waals surface area contributed by atoms with Crippen LogP contribution in [0.3, 0.4) is 0 Å². The molecule has 142 valence electrons. The highest BCUT2D eigenvalue weighted by Gasteiger charge is 2.55. The Bertz CT molecular complexity index is 1020. The molecule has 0 bridgehead atoms. The first kappa shape index (κ1) is 18.1. The predicted molar refractivity (Wildman–Crippen MR) is 106 cm³/mol. The third-order valence-electron chi connectivity index (χ3n) is 5.15. The van der Waals surface area contributed by atoms with Gasteiger partial charge in [-0.1, -0.05) is 29.8 Å². The first-order valence-electron chi connectivity index (χ1n) is 8.54. The molecule has 2 atom stereocenters. The lowest BCUT2D eigenvalue weighted by Gasteiger charge is -2.24. The van der Waals surface area contributed by atoms with Crippen LogP contribution < -0.4 is 14.5 Å². The number of methoxy groups -OCH3 is 1. The Morgan fingerprint density at radius 1 is 1.07 bits per heavy atom. The number of ether oxygens (including phenoxy) is 1. The molecule has 27 heavy (non-hydrogen) atoms. The molecule has 2 saturated heterocycles. The summed E-state index contributed by atoms with van der Waals surface area (Å²) in [4.78, 5) is 16.4. The first-order valence-corrected chi connectivity index (χ1v) is 10.7. The van der Waals surface area contributed by atoms with E-state index in [9.17, 15) is 13.2 Å². The fourth-order valence-corrected chi connectivity index (χ4v) is 5.94. The van der Waals surface area contributed by atoms with E-state index < -0.39 is 21.9 Å². The second kappa shape index (κ2) is 6.42. The fourth-order valence-electron chi connectivity index (χ4n) is 3.85. The summed E-state index contributed by atoms with van der Waals surface area (Å²) >= 11 is 6.25. The number of anilines is 2. The smallest absolute Gasteiger partial charge is 0.329 e. The molecule has 0 spiro atoms. The lowest BCUT2D eigenvalue weighted by Crippen LogP contribution is -2.38. The summed E-state index contributed by atoms with van der Waals surface area (Å²) < 4.78 is 30.1. The van der Waals surface area contributed by atoms with Crippen LogP contribution in [0.4, 0.5) is 16.2 Å². The summed E-state index contributed by atoms with van der Waals surface area (Å²) in [6.07, 6.45) is 0. The predicted octanol–water partition coefficient (Wildman–Crippen LogP) is 3.27. The van der Waals surface area contributed by atoms with E-state index in [2.05, 4.69) is 0 Å². The molecule has 0 aromatic heterocycles. The van der Waals surface area contributed by atoms with Gasteiger partial charge in [0.2, 0.25) is 0 Å². The maximum absolute atomic E-state index is 13.4. The number of urea groups is 1. The number of fused-ring (bicyclic) bond motifs is 1. The van der Waals surface area contributed by atoms with E-state index in [-0.39, 0.29) is 17.5 Å². The number of carbonyl (C=O) groups excluding carboxylic acids is 1. The Kier molecular flexibility index (Phi) is 4.31. The standard InChI is InChI=1S/C19H19ClN2O4S/c1-12-7-8-13(9-14(12)20)21-16-10-27(24,25)11-17(16)22(19(21)23)15-5-3-4-6-18(15)26-2/h3-9,16-17H,10-11H2,1-2H3/t16-,17+/m0/s1. The van der Waals surface area contributed by atoms with Crippen molar-refractivity contribution in [3.8, 4) is 5.75 Å². The average molecular weight is 407 g/mol. The second-order valence-corrected chi connectivity index (χ2v) is 9.40. The lowest BCUT2D eigenvalue weighted by molar-refractivity contribution is 0.255. The van der Waals surface area contributed by atoms with Crippen LogP contribution in [0.1, 0.15) is 5.56 Å². The van der Waals surface area contributed by atoms with Crippen molar-refractivity contribution in [2.75, 3.05) is 28.4 Å². The van der Waals surface area contributed by atoms with E-state index in [1.54, 1.807) is 40.1 Å². The third kappa shape index (κ3) is 2.95. The Morgan fingerprint density at radius 2 is 1.74 bits per heavy atom. The molecule has 2 aliphatic heterocycles. The average Bonchev–Trinajstić information content (AvgIpc) is 3.06. The summed E-state index contributed by atoms with van der Waals surface area (Å²) in [7, 11) is -1.73. The number of sulfone groups is 1. The quantitative estimate of drug-likeness (QED) is 0.734. The molecular formula is C19H19ClN2O4S. The van der Waals surface area contributed by atoms with Gasteiger partial charge in [0.25, 0.3) is 0 Å². The number of halogens is 1. The van der Waals surface area contributed by atoms with Gasteiger partial charge in [-0.2, -0.15) is 0 Å². The van der Waals surface area contributed by atoms with Crippen LogP contribution in [0.2, 0.25) is 5.02 Å². The highest BCUT2D eigenvalue weighted by atomic mass is 35.5. The summed E-state index contributed by atoms with van der Waals surface area (Å²) in [6.45, 7) is 1.88. The zero-order valence-corrected chi connectivity index (χ0v) is 16.5. The van der Waals surface area contributed by atoms with Crippen molar-refractivity contribution in [2.45, 2.75) is 19.0 Å². The highest BCUT2D eigenvalue weighted by Crippen LogP contribution is 2.41. The van der Waals surface area contributed by atoms with Gasteiger partial charge in [0.1, 0.15) is 5.75 Å². The Morgan fingerprint density at radius 3 is 2.41 bits per heavy atom. The molecule has 0 radical (unpaired) electrons. The molecule has 0 N–H and O–H groups in total. The lowest BCUT2D eigenvalue weighted by atomic mass is 10.1. The van der Waals surface area contributed by atoms with E-state index in [4.69, 9.17) is 16.3 Å². The maximum atomic E-state index is 13.4. The number of hydrogen-bond donors (Lipinski definition) is 0. The number of aryl methyl sites for hydroxylation is 1. The summed E-state index contributed by atoms with van der Waals surface area (Å²) in [5.41, 5.74) is 2.06. The molecule has 0 aliphatic carbocycles. The number of benzene rings is 2. The van der Waals surface area contributed by atoms with Gasteiger partial charge in [0, 0.05) is 10.7 Å². The molecule has 2 amide bonds. The van der Waals surface area contributed by atoms with Crippen LogP contribution in [0, 0.1) is 6.92 Å². The van der Waals surface area contributed by atoms with Crippen molar-refractivity contribution in [3.63, 3.8) is 0 Å². The molecule has 2 fully saturated rings. The molecule has 2 aliphatic rings. The number of nitrogens with zero attached hydrogens (tertiary/aromatic N) is 2. The monoisotopic (exact) mass is 406 g/mol. The van der Waals surface area contributed by atoms with Gasteiger partial charge < -0.3 is 4.74 Å². The highest BCUT2D eigenvalue weighted by molar-refractivity contribution is 7.91. The van der Waals surface area contributed by atoms with Crippen molar-refractivity contribution in [3.05, 3.63) is 53.1 Å². The van der Waals surface area contributed by atoms with Crippen LogP contribution in [0.5, 0.6) is 5.75 Å². The van der Waals surface area contributed by atoms with Gasteiger partial charge >= 0.3 is 6.03 Å². The van der Waals surface area contributed by atoms with Crippen LogP contribution in [-0.4, -0.2) is 45.1 Å². The fraction of sp³-hybridized carbons (Fsp3) is 0.316. The van der Waals surface area contributed by atoms with Crippen molar-refractivity contribution in [1.29, 1.82) is 0 Å². The first-order chi connectivity index (χ1) is 12.8. The molecule has 0 saturated carbocycles. The molecule has 2 aromatic rings. The molecular weight excluding hydrogens is 388 g/mol. The summed E-state index contributed by atoms with van der Waals surface area (Å²) in [6, 6.07) is 11.3. The van der Waals surface area contributed by atoms with E-state index in [1.165, 1.54) is 7.11 Å². The minimum absolute atomic E-state index is 0.0689. The van der Waals surface area contributed by atoms with Gasteiger partial charge in [-0.15, -0.1) is 0 Å². The van der Waals surface area contributed by atoms with Crippen LogP contribution in [-0.2, 0) is 9.84 Å². The van der Waals surface area contributed by atoms with Crippen molar-refractivity contribution in [2.24, 2.45) is 0 Å². The van der Waals surface area contributed by atoms with Crippen LogP contribution in [0.25, 0.3) is 0 Å². The van der Waals surface area contributed by atoms with Crippen molar-refractivity contribution in [1.82, 2.24) is 0 Å². The van der Waals surface area contributed by atoms with Crippen molar-refractivity contribution >= 4 is 38.8 Å². The van der Waals surface area contributed by atoms with E-state index in [1.807, 2.05) is 19.1 Å². The molecule has 2 heterocycles. The summed E-state index contributed by atoms with van der Waals surface area (Å²) in [5.74, 6) is 0.385. The van der Waals surface area contributed by atoms with Gasteiger partial charge in [0.05, 0.1) is 36.4 Å². The zero-order chi connectivity index (χ0) is 19.3. The molecule has 6 nitrogen and oxygen atoms in total. The number of carbonyl (C=O) groups is 1. The number of para-hydroxylation sites is 2. The Balaban J connectivity index is 1.84. The topological polar surface area (TPSA) is 66.9 Å². The van der Waals surface area contributed by atoms with Crippen LogP contribution in [0.15, 0.2) is 42.5 Å².